The Labute approximate surface area is 75.7 Å². The first kappa shape index (κ1) is 10.0. The molecule has 1 atom stereocenters. The van der Waals surface area contributed by atoms with Gasteiger partial charge in [0.25, 0.3) is 0 Å². The van der Waals surface area contributed by atoms with Gasteiger partial charge in [-0.1, -0.05) is 6.92 Å². The van der Waals surface area contributed by atoms with E-state index in [0.717, 1.165) is 25.7 Å². The molecule has 0 bridgehead atoms. The molecule has 1 fully saturated rings. The average molecular weight is 171 g/mol. The molecule has 0 aliphatic carbocycles. The second-order valence-electron chi connectivity index (χ2n) is 3.55. The highest BCUT2D eigenvalue weighted by atomic mass is 16.5. The summed E-state index contributed by atoms with van der Waals surface area (Å²) in [5.74, 6) is 0. The minimum atomic E-state index is 0.787. The molecule has 1 heterocycles. The minimum Gasteiger partial charge on any atom is -0.381 e. The van der Waals surface area contributed by atoms with Crippen LogP contribution in [0, 0.1) is 0 Å². The Morgan fingerprint density at radius 1 is 1.42 bits per heavy atom. The van der Waals surface area contributed by atoms with Gasteiger partial charge in [-0.25, -0.2) is 0 Å². The second kappa shape index (κ2) is 6.44. The van der Waals surface area contributed by atoms with Crippen molar-refractivity contribution in [3.63, 3.8) is 0 Å². The molecule has 72 valence electrons. The largest absolute Gasteiger partial charge is 0.381 e. The molecule has 0 aromatic heterocycles. The lowest BCUT2D eigenvalue weighted by atomic mass is 10.1. The Morgan fingerprint density at radius 2 is 2.33 bits per heavy atom. The van der Waals surface area contributed by atoms with Crippen molar-refractivity contribution in [2.45, 2.75) is 45.1 Å². The minimum absolute atomic E-state index is 0.787. The molecule has 0 spiro atoms. The van der Waals surface area contributed by atoms with Crippen molar-refractivity contribution in [2.75, 3.05) is 19.8 Å². The van der Waals surface area contributed by atoms with Gasteiger partial charge in [-0.05, 0) is 38.6 Å². The molecule has 2 nitrogen and oxygen atoms in total. The van der Waals surface area contributed by atoms with Crippen LogP contribution in [0.1, 0.15) is 39.0 Å². The summed E-state index contributed by atoms with van der Waals surface area (Å²) >= 11 is 0. The third kappa shape index (κ3) is 4.07. The maximum atomic E-state index is 5.41. The van der Waals surface area contributed by atoms with Crippen molar-refractivity contribution in [3.8, 4) is 0 Å². The third-order valence-corrected chi connectivity index (χ3v) is 2.35. The van der Waals surface area contributed by atoms with E-state index in [9.17, 15) is 0 Å². The molecule has 0 amide bonds. The van der Waals surface area contributed by atoms with Crippen LogP contribution in [0.2, 0.25) is 0 Å². The van der Waals surface area contributed by atoms with Gasteiger partial charge >= 0.3 is 0 Å². The van der Waals surface area contributed by atoms with Gasteiger partial charge in [-0.3, -0.25) is 0 Å². The van der Waals surface area contributed by atoms with Gasteiger partial charge in [0, 0.05) is 19.3 Å². The van der Waals surface area contributed by atoms with Gasteiger partial charge in [0.15, 0.2) is 0 Å². The standard InChI is InChI=1S/C10H21NO/c1-2-8-12-9-4-6-10-5-3-7-11-10/h10-11H,2-9H2,1H3. The molecule has 12 heavy (non-hydrogen) atoms. The predicted octanol–water partition coefficient (Wildman–Crippen LogP) is 1.95. The number of hydrogen-bond donors (Lipinski definition) is 1. The summed E-state index contributed by atoms with van der Waals surface area (Å²) in [6, 6.07) is 0.787. The first-order valence-electron chi connectivity index (χ1n) is 5.24. The lowest BCUT2D eigenvalue weighted by Crippen LogP contribution is -2.21. The van der Waals surface area contributed by atoms with Crippen LogP contribution >= 0.6 is 0 Å². The second-order valence-corrected chi connectivity index (χ2v) is 3.55. The maximum Gasteiger partial charge on any atom is 0.0466 e. The summed E-state index contributed by atoms with van der Waals surface area (Å²) < 4.78 is 5.41. The van der Waals surface area contributed by atoms with Crippen LogP contribution in [-0.4, -0.2) is 25.8 Å². The van der Waals surface area contributed by atoms with Crippen LogP contribution < -0.4 is 5.32 Å². The molecular weight excluding hydrogens is 150 g/mol. The van der Waals surface area contributed by atoms with Crippen LogP contribution in [0.15, 0.2) is 0 Å². The third-order valence-electron chi connectivity index (χ3n) is 2.35. The number of nitrogens with one attached hydrogen (secondary N) is 1. The zero-order valence-electron chi connectivity index (χ0n) is 8.14. The molecule has 1 aliphatic rings. The molecule has 0 saturated carbocycles. The zero-order chi connectivity index (χ0) is 8.65. The quantitative estimate of drug-likeness (QED) is 0.617. The van der Waals surface area contributed by atoms with Crippen LogP contribution in [0.3, 0.4) is 0 Å². The summed E-state index contributed by atoms with van der Waals surface area (Å²) in [5.41, 5.74) is 0. The molecule has 1 unspecified atom stereocenters. The Morgan fingerprint density at radius 3 is 3.00 bits per heavy atom. The molecule has 1 saturated heterocycles. The van der Waals surface area contributed by atoms with Crippen LogP contribution in [0.25, 0.3) is 0 Å². The Bertz CT molecular complexity index is 100. The monoisotopic (exact) mass is 171 g/mol. The maximum absolute atomic E-state index is 5.41. The fourth-order valence-electron chi connectivity index (χ4n) is 1.68. The van der Waals surface area contributed by atoms with Crippen molar-refractivity contribution in [3.05, 3.63) is 0 Å². The van der Waals surface area contributed by atoms with Crippen molar-refractivity contribution in [1.82, 2.24) is 5.32 Å². The lowest BCUT2D eigenvalue weighted by Gasteiger charge is -2.09. The van der Waals surface area contributed by atoms with E-state index in [1.54, 1.807) is 0 Å². The van der Waals surface area contributed by atoms with Crippen molar-refractivity contribution >= 4 is 0 Å². The fourth-order valence-corrected chi connectivity index (χ4v) is 1.68. The van der Waals surface area contributed by atoms with Crippen LogP contribution in [-0.2, 0) is 4.74 Å². The van der Waals surface area contributed by atoms with Gasteiger partial charge in [-0.2, -0.15) is 0 Å². The normalized spacial score (nSPS) is 23.2. The van der Waals surface area contributed by atoms with E-state index < -0.39 is 0 Å². The highest BCUT2D eigenvalue weighted by Gasteiger charge is 2.12. The van der Waals surface area contributed by atoms with E-state index in [1.807, 2.05) is 0 Å². The number of ether oxygens (including phenoxy) is 1. The summed E-state index contributed by atoms with van der Waals surface area (Å²) in [4.78, 5) is 0. The molecule has 1 aliphatic heterocycles. The van der Waals surface area contributed by atoms with Crippen LogP contribution in [0.4, 0.5) is 0 Å². The summed E-state index contributed by atoms with van der Waals surface area (Å²) in [6.45, 7) is 5.25. The molecule has 2 heteroatoms. The van der Waals surface area contributed by atoms with Gasteiger partial charge in [0.2, 0.25) is 0 Å². The van der Waals surface area contributed by atoms with E-state index in [2.05, 4.69) is 12.2 Å². The van der Waals surface area contributed by atoms with E-state index in [-0.39, 0.29) is 0 Å². The van der Waals surface area contributed by atoms with Crippen molar-refractivity contribution in [2.24, 2.45) is 0 Å². The summed E-state index contributed by atoms with van der Waals surface area (Å²) in [6.07, 6.45) is 6.39. The summed E-state index contributed by atoms with van der Waals surface area (Å²) in [5, 5.41) is 3.49. The first-order chi connectivity index (χ1) is 5.93. The molecule has 0 aromatic carbocycles. The van der Waals surface area contributed by atoms with Gasteiger partial charge < -0.3 is 10.1 Å². The lowest BCUT2D eigenvalue weighted by molar-refractivity contribution is 0.129. The predicted molar refractivity (Wildman–Crippen MR) is 51.4 cm³/mol. The van der Waals surface area contributed by atoms with Crippen LogP contribution in [0.5, 0.6) is 0 Å². The van der Waals surface area contributed by atoms with Gasteiger partial charge in [0.1, 0.15) is 0 Å². The number of hydrogen-bond acceptors (Lipinski definition) is 2. The average Bonchev–Trinajstić information content (AvgIpc) is 2.57. The summed E-state index contributed by atoms with van der Waals surface area (Å²) in [7, 11) is 0. The smallest absolute Gasteiger partial charge is 0.0466 e. The fraction of sp³-hybridized carbons (Fsp3) is 1.00. The SMILES string of the molecule is CCCOCCCC1CCCN1. The number of rotatable bonds is 6. The molecular formula is C10H21NO. The zero-order valence-corrected chi connectivity index (χ0v) is 8.14. The topological polar surface area (TPSA) is 21.3 Å². The molecule has 0 aromatic rings. The van der Waals surface area contributed by atoms with Crippen molar-refractivity contribution in [1.29, 1.82) is 0 Å². The van der Waals surface area contributed by atoms with E-state index in [1.165, 1.54) is 32.2 Å². The Hall–Kier alpha value is -0.0800. The van der Waals surface area contributed by atoms with Crippen molar-refractivity contribution < 1.29 is 4.74 Å². The highest BCUT2D eigenvalue weighted by molar-refractivity contribution is 4.73. The first-order valence-corrected chi connectivity index (χ1v) is 5.24. The van der Waals surface area contributed by atoms with E-state index in [0.29, 0.717) is 0 Å². The van der Waals surface area contributed by atoms with Gasteiger partial charge in [0.05, 0.1) is 0 Å². The Kier molecular flexibility index (Phi) is 5.37. The van der Waals surface area contributed by atoms with E-state index in [4.69, 9.17) is 4.74 Å². The molecule has 1 rings (SSSR count). The molecule has 0 radical (unpaired) electrons. The van der Waals surface area contributed by atoms with E-state index >= 15 is 0 Å². The Balaban J connectivity index is 1.81. The molecule has 1 N–H and O–H groups in total. The van der Waals surface area contributed by atoms with Gasteiger partial charge in [-0.15, -0.1) is 0 Å². The highest BCUT2D eigenvalue weighted by Crippen LogP contribution is 2.10.